The standard InChI is InChI=1S/C20H21BrN2O4/c1-13(15-10-17-18(11-16(15)21)27-9-8-26-17)22-19(24)12-23(2)20(25)14-6-4-3-5-7-14/h3-7,10-11,13H,8-9,12H2,1-2H3,(H,22,24). The molecule has 1 aliphatic rings. The summed E-state index contributed by atoms with van der Waals surface area (Å²) in [5.74, 6) is 0.912. The Hall–Kier alpha value is -2.54. The molecule has 0 radical (unpaired) electrons. The lowest BCUT2D eigenvalue weighted by molar-refractivity contribution is -0.122. The van der Waals surface area contributed by atoms with Crippen LogP contribution in [0.1, 0.15) is 28.9 Å². The molecule has 3 rings (SSSR count). The smallest absolute Gasteiger partial charge is 0.254 e. The lowest BCUT2D eigenvalue weighted by atomic mass is 10.1. The number of halogens is 1. The molecule has 0 bridgehead atoms. The maximum Gasteiger partial charge on any atom is 0.254 e. The highest BCUT2D eigenvalue weighted by atomic mass is 79.9. The summed E-state index contributed by atoms with van der Waals surface area (Å²) >= 11 is 3.52. The third-order valence-corrected chi connectivity index (χ3v) is 4.94. The Balaban J connectivity index is 1.63. The van der Waals surface area contributed by atoms with Crippen molar-refractivity contribution >= 4 is 27.7 Å². The van der Waals surface area contributed by atoms with E-state index in [-0.39, 0.29) is 24.4 Å². The first-order valence-electron chi connectivity index (χ1n) is 8.64. The predicted octanol–water partition coefficient (Wildman–Crippen LogP) is 3.17. The SMILES string of the molecule is CC(NC(=O)CN(C)C(=O)c1ccccc1)c1cc2c(cc1Br)OCCO2. The molecule has 0 aromatic heterocycles. The Morgan fingerprint density at radius 2 is 1.78 bits per heavy atom. The van der Waals surface area contributed by atoms with Gasteiger partial charge < -0.3 is 19.7 Å². The third-order valence-electron chi connectivity index (χ3n) is 4.25. The topological polar surface area (TPSA) is 67.9 Å². The molecule has 2 amide bonds. The molecule has 2 aromatic carbocycles. The van der Waals surface area contributed by atoms with Gasteiger partial charge in [0.05, 0.1) is 12.6 Å². The normalized spacial score (nSPS) is 13.6. The van der Waals surface area contributed by atoms with Crippen molar-refractivity contribution in [2.45, 2.75) is 13.0 Å². The van der Waals surface area contributed by atoms with Crippen LogP contribution in [0.2, 0.25) is 0 Å². The van der Waals surface area contributed by atoms with Gasteiger partial charge in [-0.3, -0.25) is 9.59 Å². The summed E-state index contributed by atoms with van der Waals surface area (Å²) in [6.07, 6.45) is 0. The van der Waals surface area contributed by atoms with Crippen molar-refractivity contribution < 1.29 is 19.1 Å². The van der Waals surface area contributed by atoms with Gasteiger partial charge in [0, 0.05) is 17.1 Å². The Morgan fingerprint density at radius 3 is 2.44 bits per heavy atom. The van der Waals surface area contributed by atoms with Gasteiger partial charge in [-0.15, -0.1) is 0 Å². The zero-order chi connectivity index (χ0) is 19.4. The maximum atomic E-state index is 12.4. The number of nitrogens with zero attached hydrogens (tertiary/aromatic N) is 1. The zero-order valence-electron chi connectivity index (χ0n) is 15.2. The summed E-state index contributed by atoms with van der Waals surface area (Å²) in [6.45, 7) is 2.88. The number of carbonyl (C=O) groups is 2. The Labute approximate surface area is 166 Å². The van der Waals surface area contributed by atoms with E-state index < -0.39 is 0 Å². The summed E-state index contributed by atoms with van der Waals surface area (Å²) in [4.78, 5) is 26.2. The van der Waals surface area contributed by atoms with Gasteiger partial charge in [0.2, 0.25) is 5.91 Å². The molecule has 0 saturated heterocycles. The van der Waals surface area contributed by atoms with Gasteiger partial charge in [0.25, 0.3) is 5.91 Å². The molecule has 0 aliphatic carbocycles. The van der Waals surface area contributed by atoms with Crippen molar-refractivity contribution in [3.8, 4) is 11.5 Å². The quantitative estimate of drug-likeness (QED) is 0.787. The van der Waals surface area contributed by atoms with Crippen LogP contribution in [0.4, 0.5) is 0 Å². The van der Waals surface area contributed by atoms with Crippen molar-refractivity contribution in [2.24, 2.45) is 0 Å². The summed E-state index contributed by atoms with van der Waals surface area (Å²) in [7, 11) is 1.61. The monoisotopic (exact) mass is 432 g/mol. The lowest BCUT2D eigenvalue weighted by Gasteiger charge is -2.23. The molecule has 7 heteroatoms. The van der Waals surface area contributed by atoms with Crippen LogP contribution in [0.3, 0.4) is 0 Å². The van der Waals surface area contributed by atoms with E-state index in [2.05, 4.69) is 21.2 Å². The molecule has 142 valence electrons. The number of benzene rings is 2. The van der Waals surface area contributed by atoms with E-state index >= 15 is 0 Å². The zero-order valence-corrected chi connectivity index (χ0v) is 16.8. The maximum absolute atomic E-state index is 12.4. The molecule has 1 atom stereocenters. The van der Waals surface area contributed by atoms with Gasteiger partial charge >= 0.3 is 0 Å². The van der Waals surface area contributed by atoms with E-state index in [1.807, 2.05) is 25.1 Å². The third kappa shape index (κ3) is 4.60. The number of carbonyl (C=O) groups excluding carboxylic acids is 2. The van der Waals surface area contributed by atoms with Gasteiger partial charge in [-0.05, 0) is 36.8 Å². The summed E-state index contributed by atoms with van der Waals surface area (Å²) in [5.41, 5.74) is 1.43. The number of nitrogens with one attached hydrogen (secondary N) is 1. The van der Waals surface area contributed by atoms with Crippen LogP contribution in [0, 0.1) is 0 Å². The molecule has 27 heavy (non-hydrogen) atoms. The van der Waals surface area contributed by atoms with Gasteiger partial charge in [0.1, 0.15) is 13.2 Å². The van der Waals surface area contributed by atoms with Crippen molar-refractivity contribution in [1.29, 1.82) is 0 Å². The fourth-order valence-corrected chi connectivity index (χ4v) is 3.53. The minimum Gasteiger partial charge on any atom is -0.486 e. The number of ether oxygens (including phenoxy) is 2. The van der Waals surface area contributed by atoms with Crippen LogP contribution >= 0.6 is 15.9 Å². The number of hydrogen-bond donors (Lipinski definition) is 1. The van der Waals surface area contributed by atoms with Crippen LogP contribution in [0.5, 0.6) is 11.5 Å². The average molecular weight is 433 g/mol. The molecule has 2 aromatic rings. The molecule has 1 aliphatic heterocycles. The summed E-state index contributed by atoms with van der Waals surface area (Å²) in [6, 6.07) is 12.3. The number of rotatable bonds is 5. The Kier molecular flexibility index (Phi) is 6.01. The van der Waals surface area contributed by atoms with Crippen molar-refractivity contribution in [3.05, 3.63) is 58.1 Å². The van der Waals surface area contributed by atoms with Gasteiger partial charge in [-0.1, -0.05) is 34.1 Å². The fraction of sp³-hybridized carbons (Fsp3) is 0.300. The second kappa shape index (κ2) is 8.43. The van der Waals surface area contributed by atoms with Gasteiger partial charge in [-0.2, -0.15) is 0 Å². The molecule has 0 fully saturated rings. The van der Waals surface area contributed by atoms with Crippen LogP contribution in [-0.2, 0) is 4.79 Å². The second-order valence-electron chi connectivity index (χ2n) is 6.33. The van der Waals surface area contributed by atoms with Gasteiger partial charge in [0.15, 0.2) is 11.5 Å². The highest BCUT2D eigenvalue weighted by molar-refractivity contribution is 9.10. The molecular formula is C20H21BrN2O4. The highest BCUT2D eigenvalue weighted by Crippen LogP contribution is 2.37. The molecular weight excluding hydrogens is 412 g/mol. The molecule has 1 unspecified atom stereocenters. The predicted molar refractivity (Wildman–Crippen MR) is 105 cm³/mol. The Morgan fingerprint density at radius 1 is 1.15 bits per heavy atom. The van der Waals surface area contributed by atoms with Crippen LogP contribution in [0.15, 0.2) is 46.9 Å². The van der Waals surface area contributed by atoms with Crippen LogP contribution < -0.4 is 14.8 Å². The number of fused-ring (bicyclic) bond motifs is 1. The lowest BCUT2D eigenvalue weighted by Crippen LogP contribution is -2.39. The van der Waals surface area contributed by atoms with E-state index in [0.29, 0.717) is 30.3 Å². The Bertz CT molecular complexity index is 841. The first-order chi connectivity index (χ1) is 13.0. The minimum absolute atomic E-state index is 0.0275. The molecule has 0 saturated carbocycles. The number of amides is 2. The molecule has 1 heterocycles. The number of likely N-dealkylation sites (N-methyl/N-ethyl adjacent to an activating group) is 1. The van der Waals surface area contributed by atoms with Crippen molar-refractivity contribution in [2.75, 3.05) is 26.8 Å². The van der Waals surface area contributed by atoms with E-state index in [4.69, 9.17) is 9.47 Å². The highest BCUT2D eigenvalue weighted by Gasteiger charge is 2.20. The molecule has 6 nitrogen and oxygen atoms in total. The second-order valence-corrected chi connectivity index (χ2v) is 7.19. The first-order valence-corrected chi connectivity index (χ1v) is 9.44. The van der Waals surface area contributed by atoms with E-state index in [1.54, 1.807) is 31.3 Å². The number of hydrogen-bond acceptors (Lipinski definition) is 4. The first kappa shape index (κ1) is 19.2. The molecule has 1 N–H and O–H groups in total. The van der Waals surface area contributed by atoms with E-state index in [9.17, 15) is 9.59 Å². The average Bonchev–Trinajstić information content (AvgIpc) is 2.67. The summed E-state index contributed by atoms with van der Waals surface area (Å²) < 4.78 is 12.0. The minimum atomic E-state index is -0.261. The largest absolute Gasteiger partial charge is 0.486 e. The summed E-state index contributed by atoms with van der Waals surface area (Å²) in [5, 5.41) is 2.92. The fourth-order valence-electron chi connectivity index (χ4n) is 2.86. The van der Waals surface area contributed by atoms with Crippen LogP contribution in [0.25, 0.3) is 0 Å². The van der Waals surface area contributed by atoms with E-state index in [1.165, 1.54) is 4.90 Å². The molecule has 0 spiro atoms. The van der Waals surface area contributed by atoms with Crippen molar-refractivity contribution in [3.63, 3.8) is 0 Å². The van der Waals surface area contributed by atoms with E-state index in [0.717, 1.165) is 10.0 Å². The van der Waals surface area contributed by atoms with Crippen molar-refractivity contribution in [1.82, 2.24) is 10.2 Å². The van der Waals surface area contributed by atoms with Crippen LogP contribution in [-0.4, -0.2) is 43.5 Å². The van der Waals surface area contributed by atoms with Gasteiger partial charge in [-0.25, -0.2) is 0 Å².